The molecule has 0 aliphatic carbocycles. The van der Waals surface area contributed by atoms with E-state index in [9.17, 15) is 4.79 Å². The molecule has 0 aromatic heterocycles. The lowest BCUT2D eigenvalue weighted by Crippen LogP contribution is -2.40. The van der Waals surface area contributed by atoms with Crippen molar-refractivity contribution >= 4 is 5.91 Å². The molecule has 1 unspecified atom stereocenters. The van der Waals surface area contributed by atoms with Gasteiger partial charge in [-0.3, -0.25) is 4.79 Å². The summed E-state index contributed by atoms with van der Waals surface area (Å²) in [6, 6.07) is 0.192. The molecule has 4 heteroatoms. The normalized spacial score (nSPS) is 20.6. The van der Waals surface area contributed by atoms with E-state index in [1.54, 1.807) is 0 Å². The Kier molecular flexibility index (Phi) is 6.52. The molecule has 0 saturated carbocycles. The van der Waals surface area contributed by atoms with Gasteiger partial charge in [0.2, 0.25) is 5.91 Å². The number of amides is 1. The van der Waals surface area contributed by atoms with Crippen LogP contribution >= 0.6 is 0 Å². The number of rotatable bonds is 6. The van der Waals surface area contributed by atoms with Gasteiger partial charge >= 0.3 is 0 Å². The van der Waals surface area contributed by atoms with Gasteiger partial charge in [-0.1, -0.05) is 0 Å². The fraction of sp³-hybridized carbons (Fsp3) is 0.923. The van der Waals surface area contributed by atoms with Gasteiger partial charge in [-0.05, 0) is 39.5 Å². The molecule has 1 aliphatic rings. The van der Waals surface area contributed by atoms with Crippen LogP contribution in [0.5, 0.6) is 0 Å². The van der Waals surface area contributed by atoms with Crippen molar-refractivity contribution in [1.29, 1.82) is 0 Å². The predicted octanol–water partition coefficient (Wildman–Crippen LogP) is 1.56. The lowest BCUT2D eigenvalue weighted by molar-refractivity contribution is -0.137. The molecule has 1 heterocycles. The molecular formula is C13H25NO3. The molecule has 0 radical (unpaired) electrons. The summed E-state index contributed by atoms with van der Waals surface area (Å²) in [5.41, 5.74) is 0. The summed E-state index contributed by atoms with van der Waals surface area (Å²) in [5, 5.41) is 8.84. The summed E-state index contributed by atoms with van der Waals surface area (Å²) in [6.45, 7) is 5.58. The van der Waals surface area contributed by atoms with Crippen LogP contribution in [0.3, 0.4) is 0 Å². The molecular weight excluding hydrogens is 218 g/mol. The second-order valence-corrected chi connectivity index (χ2v) is 4.95. The molecule has 4 nitrogen and oxygen atoms in total. The Morgan fingerprint density at radius 2 is 2.24 bits per heavy atom. The second-order valence-electron chi connectivity index (χ2n) is 4.95. The molecule has 1 atom stereocenters. The number of aliphatic hydroxyl groups excluding tert-OH is 1. The summed E-state index contributed by atoms with van der Waals surface area (Å²) in [6.07, 6.45) is 4.52. The Bertz CT molecular complexity index is 225. The van der Waals surface area contributed by atoms with E-state index >= 15 is 0 Å². The fourth-order valence-electron chi connectivity index (χ4n) is 2.19. The van der Waals surface area contributed by atoms with Crippen LogP contribution in [-0.2, 0) is 9.53 Å². The number of carbonyl (C=O) groups excluding carboxylic acids is 1. The van der Waals surface area contributed by atoms with Crippen molar-refractivity contribution in [1.82, 2.24) is 4.90 Å². The zero-order valence-corrected chi connectivity index (χ0v) is 11.0. The number of hydrogen-bond acceptors (Lipinski definition) is 3. The summed E-state index contributed by atoms with van der Waals surface area (Å²) >= 11 is 0. The van der Waals surface area contributed by atoms with Crippen LogP contribution in [0.2, 0.25) is 0 Å². The first kappa shape index (κ1) is 14.5. The Morgan fingerprint density at radius 1 is 1.47 bits per heavy atom. The van der Waals surface area contributed by atoms with Gasteiger partial charge in [-0.25, -0.2) is 0 Å². The van der Waals surface area contributed by atoms with Gasteiger partial charge in [0.15, 0.2) is 0 Å². The van der Waals surface area contributed by atoms with E-state index < -0.39 is 0 Å². The molecule has 1 saturated heterocycles. The standard InChI is InChI=1S/C13H25NO3/c1-11(2)14(7-5-8-15)13(16)10-12-6-3-4-9-17-12/h11-12,15H,3-10H2,1-2H3. The molecule has 1 amide bonds. The maximum absolute atomic E-state index is 12.1. The highest BCUT2D eigenvalue weighted by molar-refractivity contribution is 5.77. The first-order valence-electron chi connectivity index (χ1n) is 6.67. The molecule has 0 bridgehead atoms. The minimum absolute atomic E-state index is 0.103. The summed E-state index contributed by atoms with van der Waals surface area (Å²) in [5.74, 6) is 0.153. The molecule has 0 spiro atoms. The molecule has 1 fully saturated rings. The minimum atomic E-state index is 0.103. The molecule has 17 heavy (non-hydrogen) atoms. The predicted molar refractivity (Wildman–Crippen MR) is 66.8 cm³/mol. The van der Waals surface area contributed by atoms with Gasteiger partial charge in [-0.2, -0.15) is 0 Å². The van der Waals surface area contributed by atoms with Gasteiger partial charge in [0.25, 0.3) is 0 Å². The highest BCUT2D eigenvalue weighted by Gasteiger charge is 2.22. The Hall–Kier alpha value is -0.610. The van der Waals surface area contributed by atoms with E-state index in [0.29, 0.717) is 19.4 Å². The smallest absolute Gasteiger partial charge is 0.225 e. The van der Waals surface area contributed by atoms with Crippen LogP contribution in [0, 0.1) is 0 Å². The van der Waals surface area contributed by atoms with Gasteiger partial charge in [0, 0.05) is 25.8 Å². The number of carbonyl (C=O) groups is 1. The third-order valence-electron chi connectivity index (χ3n) is 3.18. The molecule has 1 rings (SSSR count). The average Bonchev–Trinajstić information content (AvgIpc) is 2.30. The van der Waals surface area contributed by atoms with Crippen molar-refractivity contribution in [3.63, 3.8) is 0 Å². The van der Waals surface area contributed by atoms with Crippen molar-refractivity contribution < 1.29 is 14.6 Å². The van der Waals surface area contributed by atoms with Gasteiger partial charge in [-0.15, -0.1) is 0 Å². The average molecular weight is 243 g/mol. The first-order valence-corrected chi connectivity index (χ1v) is 6.67. The van der Waals surface area contributed by atoms with E-state index in [4.69, 9.17) is 9.84 Å². The van der Waals surface area contributed by atoms with E-state index in [1.807, 2.05) is 18.7 Å². The van der Waals surface area contributed by atoms with Crippen LogP contribution in [0.15, 0.2) is 0 Å². The topological polar surface area (TPSA) is 49.8 Å². The zero-order chi connectivity index (χ0) is 12.7. The molecule has 1 N–H and O–H groups in total. The zero-order valence-electron chi connectivity index (χ0n) is 11.0. The lowest BCUT2D eigenvalue weighted by Gasteiger charge is -2.29. The van der Waals surface area contributed by atoms with E-state index in [0.717, 1.165) is 25.9 Å². The number of ether oxygens (including phenoxy) is 1. The van der Waals surface area contributed by atoms with Crippen molar-refractivity contribution in [2.75, 3.05) is 19.8 Å². The van der Waals surface area contributed by atoms with Crippen molar-refractivity contribution in [3.05, 3.63) is 0 Å². The van der Waals surface area contributed by atoms with Crippen LogP contribution in [-0.4, -0.2) is 47.8 Å². The van der Waals surface area contributed by atoms with E-state index in [1.165, 1.54) is 0 Å². The van der Waals surface area contributed by atoms with Crippen molar-refractivity contribution in [2.24, 2.45) is 0 Å². The molecule has 100 valence electrons. The Morgan fingerprint density at radius 3 is 2.76 bits per heavy atom. The highest BCUT2D eigenvalue weighted by Crippen LogP contribution is 2.17. The van der Waals surface area contributed by atoms with E-state index in [-0.39, 0.29) is 24.7 Å². The maximum atomic E-state index is 12.1. The highest BCUT2D eigenvalue weighted by atomic mass is 16.5. The first-order chi connectivity index (χ1) is 8.15. The number of hydrogen-bond donors (Lipinski definition) is 1. The van der Waals surface area contributed by atoms with Crippen molar-refractivity contribution in [2.45, 2.75) is 58.1 Å². The van der Waals surface area contributed by atoms with Crippen LogP contribution in [0.25, 0.3) is 0 Å². The molecule has 1 aliphatic heterocycles. The summed E-state index contributed by atoms with van der Waals surface area (Å²) in [4.78, 5) is 14.0. The second kappa shape index (κ2) is 7.67. The van der Waals surface area contributed by atoms with Gasteiger partial charge in [0.05, 0.1) is 12.5 Å². The summed E-state index contributed by atoms with van der Waals surface area (Å²) in [7, 11) is 0. The van der Waals surface area contributed by atoms with Crippen LogP contribution in [0.4, 0.5) is 0 Å². The third kappa shape index (κ3) is 5.04. The van der Waals surface area contributed by atoms with Gasteiger partial charge < -0.3 is 14.7 Å². The van der Waals surface area contributed by atoms with Gasteiger partial charge in [0.1, 0.15) is 0 Å². The Balaban J connectivity index is 2.40. The monoisotopic (exact) mass is 243 g/mol. The Labute approximate surface area is 104 Å². The SMILES string of the molecule is CC(C)N(CCCO)C(=O)CC1CCCCO1. The molecule has 0 aromatic carbocycles. The van der Waals surface area contributed by atoms with E-state index in [2.05, 4.69) is 0 Å². The quantitative estimate of drug-likeness (QED) is 0.770. The maximum Gasteiger partial charge on any atom is 0.225 e. The number of nitrogens with zero attached hydrogens (tertiary/aromatic N) is 1. The van der Waals surface area contributed by atoms with Crippen molar-refractivity contribution in [3.8, 4) is 0 Å². The lowest BCUT2D eigenvalue weighted by atomic mass is 10.1. The minimum Gasteiger partial charge on any atom is -0.396 e. The van der Waals surface area contributed by atoms with Crippen LogP contribution < -0.4 is 0 Å². The molecule has 0 aromatic rings. The fourth-order valence-corrected chi connectivity index (χ4v) is 2.19. The third-order valence-corrected chi connectivity index (χ3v) is 3.18. The number of aliphatic hydroxyl groups is 1. The summed E-state index contributed by atoms with van der Waals surface area (Å²) < 4.78 is 5.59. The van der Waals surface area contributed by atoms with Crippen LogP contribution in [0.1, 0.15) is 46.0 Å². The largest absolute Gasteiger partial charge is 0.396 e.